The van der Waals surface area contributed by atoms with Gasteiger partial charge in [-0.2, -0.15) is 0 Å². The number of halogens is 1. The topological polar surface area (TPSA) is 103 Å². The van der Waals surface area contributed by atoms with E-state index in [0.717, 1.165) is 25.7 Å². The molecule has 3 rings (SSSR count). The minimum absolute atomic E-state index is 0.00506. The van der Waals surface area contributed by atoms with Crippen LogP contribution in [0.25, 0.3) is 0 Å². The Balaban J connectivity index is 1.55. The summed E-state index contributed by atoms with van der Waals surface area (Å²) in [5.41, 5.74) is 0.114. The molecular weight excluding hydrogens is 358 g/mol. The molecule has 1 amide bonds. The summed E-state index contributed by atoms with van der Waals surface area (Å²) in [7, 11) is 0. The highest BCUT2D eigenvalue weighted by Crippen LogP contribution is 2.27. The van der Waals surface area contributed by atoms with Gasteiger partial charge >= 0.3 is 5.97 Å². The average Bonchev–Trinajstić information content (AvgIpc) is 3.29. The normalized spacial score (nSPS) is 25.3. The molecule has 0 spiro atoms. The van der Waals surface area contributed by atoms with Crippen LogP contribution < -0.4 is 10.1 Å². The number of hydrogen-bond donors (Lipinski definition) is 3. The number of likely N-dealkylation sites (tertiary alicyclic amines) is 1. The molecule has 0 radical (unpaired) electrons. The van der Waals surface area contributed by atoms with Crippen molar-refractivity contribution in [2.24, 2.45) is 0 Å². The van der Waals surface area contributed by atoms with Crippen LogP contribution >= 0.6 is 11.6 Å². The zero-order valence-electron chi connectivity index (χ0n) is 14.3. The standard InChI is InChI=1S/C18H22ClN3O4/c19-14-5-3-11(18(24)25)8-16(14)26-10-12-4-6-15(21-12)17(23)22-7-1-2-13(22)9-20/h3,5,8-9,12-13,15,20-21H,1-2,4,6-7,10H2,(H,24,25)/t12-,13+,15+/m1/s1. The van der Waals surface area contributed by atoms with Gasteiger partial charge in [-0.05, 0) is 43.9 Å². The molecule has 0 aliphatic carbocycles. The molecule has 7 nitrogen and oxygen atoms in total. The Morgan fingerprint density at radius 1 is 1.38 bits per heavy atom. The molecule has 140 valence electrons. The van der Waals surface area contributed by atoms with Crippen molar-refractivity contribution in [3.05, 3.63) is 28.8 Å². The fourth-order valence-corrected chi connectivity index (χ4v) is 3.69. The number of aromatic carboxylic acids is 1. The number of carbonyl (C=O) groups excluding carboxylic acids is 1. The van der Waals surface area contributed by atoms with Gasteiger partial charge in [-0.1, -0.05) is 11.6 Å². The highest BCUT2D eigenvalue weighted by molar-refractivity contribution is 6.32. The number of ether oxygens (including phenoxy) is 1. The van der Waals surface area contributed by atoms with Crippen LogP contribution in [-0.4, -0.2) is 59.4 Å². The molecule has 2 aliphatic rings. The molecule has 0 saturated carbocycles. The van der Waals surface area contributed by atoms with Crippen LogP contribution in [0.15, 0.2) is 18.2 Å². The number of hydrogen-bond acceptors (Lipinski definition) is 5. The summed E-state index contributed by atoms with van der Waals surface area (Å²) in [6.45, 7) is 1.01. The van der Waals surface area contributed by atoms with E-state index in [-0.39, 0.29) is 29.6 Å². The van der Waals surface area contributed by atoms with E-state index < -0.39 is 5.97 Å². The largest absolute Gasteiger partial charge is 0.490 e. The van der Waals surface area contributed by atoms with Gasteiger partial charge in [-0.3, -0.25) is 10.1 Å². The number of rotatable bonds is 6. The predicted molar refractivity (Wildman–Crippen MR) is 97.4 cm³/mol. The highest BCUT2D eigenvalue weighted by atomic mass is 35.5. The fourth-order valence-electron chi connectivity index (χ4n) is 3.52. The second kappa shape index (κ2) is 8.05. The summed E-state index contributed by atoms with van der Waals surface area (Å²) >= 11 is 6.06. The Bertz CT molecular complexity index is 712. The van der Waals surface area contributed by atoms with E-state index >= 15 is 0 Å². The molecule has 26 heavy (non-hydrogen) atoms. The smallest absolute Gasteiger partial charge is 0.335 e. The van der Waals surface area contributed by atoms with Gasteiger partial charge in [0, 0.05) is 18.8 Å². The Kier molecular flexibility index (Phi) is 5.78. The third kappa shape index (κ3) is 3.99. The van der Waals surface area contributed by atoms with E-state index in [2.05, 4.69) is 5.32 Å². The number of benzene rings is 1. The van der Waals surface area contributed by atoms with Gasteiger partial charge in [0.2, 0.25) is 5.91 Å². The molecule has 2 aliphatic heterocycles. The number of carboxylic acid groups (broad SMARTS) is 1. The summed E-state index contributed by atoms with van der Waals surface area (Å²) in [5.74, 6) is -0.668. The molecule has 3 N–H and O–H groups in total. The van der Waals surface area contributed by atoms with E-state index in [4.69, 9.17) is 26.9 Å². The van der Waals surface area contributed by atoms with Crippen molar-refractivity contribution in [2.45, 2.75) is 43.8 Å². The summed E-state index contributed by atoms with van der Waals surface area (Å²) in [4.78, 5) is 25.5. The quantitative estimate of drug-likeness (QED) is 0.657. The lowest BCUT2D eigenvalue weighted by Gasteiger charge is -2.25. The molecule has 0 aromatic heterocycles. The number of nitrogens with zero attached hydrogens (tertiary/aromatic N) is 1. The molecule has 3 atom stereocenters. The maximum atomic E-state index is 12.6. The first kappa shape index (κ1) is 18.7. The van der Waals surface area contributed by atoms with Gasteiger partial charge in [0.25, 0.3) is 0 Å². The van der Waals surface area contributed by atoms with Crippen molar-refractivity contribution in [1.82, 2.24) is 10.2 Å². The molecular formula is C18H22ClN3O4. The van der Waals surface area contributed by atoms with E-state index in [1.54, 1.807) is 4.90 Å². The lowest BCUT2D eigenvalue weighted by atomic mass is 10.1. The van der Waals surface area contributed by atoms with Gasteiger partial charge in [0.1, 0.15) is 12.4 Å². The van der Waals surface area contributed by atoms with Gasteiger partial charge < -0.3 is 20.2 Å². The number of nitrogens with one attached hydrogen (secondary N) is 2. The second-order valence-electron chi connectivity index (χ2n) is 6.66. The third-order valence-corrected chi connectivity index (χ3v) is 5.24. The first-order chi connectivity index (χ1) is 12.5. The molecule has 0 bridgehead atoms. The van der Waals surface area contributed by atoms with Crippen LogP contribution in [0.3, 0.4) is 0 Å². The monoisotopic (exact) mass is 379 g/mol. The summed E-state index contributed by atoms with van der Waals surface area (Å²) < 4.78 is 5.69. The maximum absolute atomic E-state index is 12.6. The predicted octanol–water partition coefficient (Wildman–Crippen LogP) is 2.18. The van der Waals surface area contributed by atoms with Crippen molar-refractivity contribution in [2.75, 3.05) is 13.2 Å². The van der Waals surface area contributed by atoms with Gasteiger partial charge in [-0.25, -0.2) is 4.79 Å². The van der Waals surface area contributed by atoms with Crippen molar-refractivity contribution in [3.63, 3.8) is 0 Å². The fraction of sp³-hybridized carbons (Fsp3) is 0.500. The molecule has 1 aromatic rings. The first-order valence-electron chi connectivity index (χ1n) is 8.72. The van der Waals surface area contributed by atoms with E-state index in [0.29, 0.717) is 23.9 Å². The number of amides is 1. The van der Waals surface area contributed by atoms with Crippen LogP contribution in [-0.2, 0) is 4.79 Å². The molecule has 2 fully saturated rings. The average molecular weight is 380 g/mol. The van der Waals surface area contributed by atoms with Crippen molar-refractivity contribution < 1.29 is 19.4 Å². The second-order valence-corrected chi connectivity index (χ2v) is 7.07. The molecule has 2 saturated heterocycles. The van der Waals surface area contributed by atoms with Crippen molar-refractivity contribution >= 4 is 29.7 Å². The maximum Gasteiger partial charge on any atom is 0.335 e. The Morgan fingerprint density at radius 3 is 2.92 bits per heavy atom. The first-order valence-corrected chi connectivity index (χ1v) is 9.10. The third-order valence-electron chi connectivity index (χ3n) is 4.93. The van der Waals surface area contributed by atoms with Crippen LogP contribution in [0.4, 0.5) is 0 Å². The van der Waals surface area contributed by atoms with E-state index in [1.807, 2.05) is 0 Å². The zero-order valence-corrected chi connectivity index (χ0v) is 15.0. The van der Waals surface area contributed by atoms with Crippen LogP contribution in [0.1, 0.15) is 36.0 Å². The Hall–Kier alpha value is -2.12. The summed E-state index contributed by atoms with van der Waals surface area (Å²) in [6.07, 6.45) is 4.64. The highest BCUT2D eigenvalue weighted by Gasteiger charge is 2.36. The minimum atomic E-state index is -1.04. The van der Waals surface area contributed by atoms with Gasteiger partial charge in [0.05, 0.1) is 22.7 Å². The molecule has 2 heterocycles. The van der Waals surface area contributed by atoms with Gasteiger partial charge in [-0.15, -0.1) is 0 Å². The van der Waals surface area contributed by atoms with E-state index in [1.165, 1.54) is 24.4 Å². The van der Waals surface area contributed by atoms with E-state index in [9.17, 15) is 9.59 Å². The minimum Gasteiger partial charge on any atom is -0.490 e. The molecule has 0 unspecified atom stereocenters. The SMILES string of the molecule is N=C[C@@H]1CCCN1C(=O)[C@@H]1CC[C@H](COc2cc(C(=O)O)ccc2Cl)N1. The van der Waals surface area contributed by atoms with Crippen LogP contribution in [0.2, 0.25) is 5.02 Å². The Morgan fingerprint density at radius 2 is 2.19 bits per heavy atom. The number of carboxylic acids is 1. The van der Waals surface area contributed by atoms with Crippen molar-refractivity contribution in [1.29, 1.82) is 5.41 Å². The lowest BCUT2D eigenvalue weighted by Crippen LogP contribution is -2.48. The molecule has 1 aromatic carbocycles. The molecule has 8 heteroatoms. The number of carbonyl (C=O) groups is 2. The van der Waals surface area contributed by atoms with Gasteiger partial charge in [0.15, 0.2) is 0 Å². The van der Waals surface area contributed by atoms with Crippen molar-refractivity contribution in [3.8, 4) is 5.75 Å². The van der Waals surface area contributed by atoms with Crippen LogP contribution in [0, 0.1) is 5.41 Å². The summed E-state index contributed by atoms with van der Waals surface area (Å²) in [5, 5.41) is 20.1. The summed E-state index contributed by atoms with van der Waals surface area (Å²) in [6, 6.07) is 3.98. The van der Waals surface area contributed by atoms with Crippen LogP contribution in [0.5, 0.6) is 5.75 Å². The zero-order chi connectivity index (χ0) is 18.7. The lowest BCUT2D eigenvalue weighted by molar-refractivity contribution is -0.132. The Labute approximate surface area is 156 Å².